The molecule has 2 aromatic rings. The minimum absolute atomic E-state index is 0.0103. The van der Waals surface area contributed by atoms with Gasteiger partial charge in [-0.05, 0) is 25.1 Å². The lowest BCUT2D eigenvalue weighted by molar-refractivity contribution is -0.154. The van der Waals surface area contributed by atoms with Crippen molar-refractivity contribution in [2.45, 2.75) is 26.2 Å². The van der Waals surface area contributed by atoms with E-state index in [0.29, 0.717) is 12.1 Å². The molecule has 0 fully saturated rings. The van der Waals surface area contributed by atoms with E-state index in [4.69, 9.17) is 0 Å². The first-order valence-corrected chi connectivity index (χ1v) is 7.85. The summed E-state index contributed by atoms with van der Waals surface area (Å²) in [5.41, 5.74) is 0.365. The highest BCUT2D eigenvalue weighted by atomic mass is 32.1. The number of alkyl halides is 3. The van der Waals surface area contributed by atoms with Gasteiger partial charge in [-0.1, -0.05) is 6.07 Å². The van der Waals surface area contributed by atoms with Crippen molar-refractivity contribution in [2.75, 3.05) is 6.61 Å². The standard InChI is InChI=1S/C15H16F3N3O2S/c1-10-4-5-12(24-10)8-21-14(22)20-7-11-3-2-6-19-13(11)23-9-15(16,17)18/h2-6H,7-9H2,1H3,(H2,20,21,22). The van der Waals surface area contributed by atoms with Crippen LogP contribution in [0.5, 0.6) is 5.88 Å². The van der Waals surface area contributed by atoms with Gasteiger partial charge in [0.15, 0.2) is 6.61 Å². The van der Waals surface area contributed by atoms with Crippen molar-refractivity contribution in [2.24, 2.45) is 0 Å². The summed E-state index contributed by atoms with van der Waals surface area (Å²) in [6, 6.07) is 6.56. The maximum atomic E-state index is 12.2. The molecular weight excluding hydrogens is 343 g/mol. The van der Waals surface area contributed by atoms with Crippen LogP contribution in [0.4, 0.5) is 18.0 Å². The Hall–Kier alpha value is -2.29. The molecule has 0 aliphatic carbocycles. The average Bonchev–Trinajstić information content (AvgIpc) is 2.94. The van der Waals surface area contributed by atoms with Crippen molar-refractivity contribution in [3.63, 3.8) is 0 Å². The van der Waals surface area contributed by atoms with Crippen LogP contribution >= 0.6 is 11.3 Å². The first-order chi connectivity index (χ1) is 11.3. The number of rotatable bonds is 6. The van der Waals surface area contributed by atoms with Crippen LogP contribution in [0.3, 0.4) is 0 Å². The Morgan fingerprint density at radius 3 is 2.67 bits per heavy atom. The number of thiophene rings is 1. The zero-order chi connectivity index (χ0) is 17.6. The van der Waals surface area contributed by atoms with Crippen LogP contribution < -0.4 is 15.4 Å². The summed E-state index contributed by atoms with van der Waals surface area (Å²) < 4.78 is 41.3. The molecule has 0 saturated heterocycles. The van der Waals surface area contributed by atoms with Gasteiger partial charge in [0.05, 0.1) is 6.54 Å². The molecule has 0 radical (unpaired) electrons. The first-order valence-electron chi connectivity index (χ1n) is 7.04. The molecule has 0 unspecified atom stereocenters. The van der Waals surface area contributed by atoms with E-state index in [1.54, 1.807) is 23.5 Å². The van der Waals surface area contributed by atoms with E-state index in [1.807, 2.05) is 19.1 Å². The Balaban J connectivity index is 1.83. The van der Waals surface area contributed by atoms with Crippen LogP contribution in [-0.2, 0) is 13.1 Å². The number of urea groups is 1. The summed E-state index contributed by atoms with van der Waals surface area (Å²) >= 11 is 1.58. The molecule has 0 spiro atoms. The molecule has 2 aromatic heterocycles. The molecule has 0 atom stereocenters. The van der Waals surface area contributed by atoms with Crippen molar-refractivity contribution in [3.05, 3.63) is 45.8 Å². The fourth-order valence-corrected chi connectivity index (χ4v) is 2.65. The van der Waals surface area contributed by atoms with E-state index >= 15 is 0 Å². The van der Waals surface area contributed by atoms with Gasteiger partial charge in [0.25, 0.3) is 0 Å². The molecule has 24 heavy (non-hydrogen) atoms. The number of hydrogen-bond donors (Lipinski definition) is 2. The summed E-state index contributed by atoms with van der Waals surface area (Å²) in [5.74, 6) is -0.149. The largest absolute Gasteiger partial charge is 0.468 e. The number of pyridine rings is 1. The lowest BCUT2D eigenvalue weighted by atomic mass is 10.2. The second kappa shape index (κ2) is 8.00. The second-order valence-corrected chi connectivity index (χ2v) is 6.29. The number of aromatic nitrogens is 1. The van der Waals surface area contributed by atoms with E-state index < -0.39 is 18.8 Å². The lowest BCUT2D eigenvalue weighted by Gasteiger charge is -2.12. The third-order valence-electron chi connectivity index (χ3n) is 2.88. The molecule has 0 aliphatic rings. The summed E-state index contributed by atoms with van der Waals surface area (Å²) in [6.45, 7) is 0.936. The van der Waals surface area contributed by atoms with Crippen LogP contribution in [0, 0.1) is 6.92 Å². The fourth-order valence-electron chi connectivity index (χ4n) is 1.82. The molecule has 0 bridgehead atoms. The summed E-state index contributed by atoms with van der Waals surface area (Å²) in [4.78, 5) is 17.7. The number of ether oxygens (including phenoxy) is 1. The topological polar surface area (TPSA) is 63.2 Å². The summed E-state index contributed by atoms with van der Waals surface area (Å²) in [5, 5.41) is 5.24. The SMILES string of the molecule is Cc1ccc(CNC(=O)NCc2cccnc2OCC(F)(F)F)s1. The number of amides is 2. The van der Waals surface area contributed by atoms with E-state index in [0.717, 1.165) is 9.75 Å². The Labute approximate surface area is 140 Å². The molecule has 0 aromatic carbocycles. The molecule has 0 saturated carbocycles. The molecule has 9 heteroatoms. The predicted octanol–water partition coefficient (Wildman–Crippen LogP) is 3.39. The number of halogens is 3. The number of carbonyl (C=O) groups excluding carboxylic acids is 1. The highest BCUT2D eigenvalue weighted by Crippen LogP contribution is 2.20. The van der Waals surface area contributed by atoms with Crippen molar-refractivity contribution in [3.8, 4) is 5.88 Å². The number of nitrogens with one attached hydrogen (secondary N) is 2. The number of carbonyl (C=O) groups is 1. The Bertz CT molecular complexity index is 689. The fraction of sp³-hybridized carbons (Fsp3) is 0.333. The number of aryl methyl sites for hydroxylation is 1. The molecule has 2 heterocycles. The molecular formula is C15H16F3N3O2S. The Morgan fingerprint density at radius 2 is 2.00 bits per heavy atom. The molecule has 2 rings (SSSR count). The van der Waals surface area contributed by atoms with E-state index in [-0.39, 0.29) is 12.4 Å². The zero-order valence-corrected chi connectivity index (χ0v) is 13.6. The third-order valence-corrected chi connectivity index (χ3v) is 3.88. The smallest absolute Gasteiger partial charge is 0.422 e. The average molecular weight is 359 g/mol. The predicted molar refractivity (Wildman–Crippen MR) is 83.9 cm³/mol. The minimum Gasteiger partial charge on any atom is -0.468 e. The van der Waals surface area contributed by atoms with Crippen LogP contribution in [0.25, 0.3) is 0 Å². The van der Waals surface area contributed by atoms with Crippen molar-refractivity contribution >= 4 is 17.4 Å². The zero-order valence-electron chi connectivity index (χ0n) is 12.8. The van der Waals surface area contributed by atoms with Crippen LogP contribution in [0.1, 0.15) is 15.3 Å². The quantitative estimate of drug-likeness (QED) is 0.831. The van der Waals surface area contributed by atoms with E-state index in [2.05, 4.69) is 20.4 Å². The van der Waals surface area contributed by atoms with Crippen molar-refractivity contribution in [1.82, 2.24) is 15.6 Å². The summed E-state index contributed by atoms with van der Waals surface area (Å²) in [7, 11) is 0. The van der Waals surface area contributed by atoms with Gasteiger partial charge < -0.3 is 15.4 Å². The maximum absolute atomic E-state index is 12.2. The number of nitrogens with zero attached hydrogens (tertiary/aromatic N) is 1. The van der Waals surface area contributed by atoms with Crippen LogP contribution in [0.2, 0.25) is 0 Å². The van der Waals surface area contributed by atoms with Crippen molar-refractivity contribution in [1.29, 1.82) is 0 Å². The Morgan fingerprint density at radius 1 is 1.25 bits per heavy atom. The maximum Gasteiger partial charge on any atom is 0.422 e. The summed E-state index contributed by atoms with van der Waals surface area (Å²) in [6.07, 6.45) is -3.12. The van der Waals surface area contributed by atoms with Gasteiger partial charge in [-0.25, -0.2) is 9.78 Å². The molecule has 2 N–H and O–H groups in total. The molecule has 0 aliphatic heterocycles. The van der Waals surface area contributed by atoms with Gasteiger partial charge in [0.1, 0.15) is 0 Å². The highest BCUT2D eigenvalue weighted by Gasteiger charge is 2.29. The first kappa shape index (κ1) is 18.1. The molecule has 2 amide bonds. The van der Waals surface area contributed by atoms with E-state index in [9.17, 15) is 18.0 Å². The second-order valence-electron chi connectivity index (χ2n) is 4.92. The van der Waals surface area contributed by atoms with Crippen molar-refractivity contribution < 1.29 is 22.7 Å². The minimum atomic E-state index is -4.45. The normalized spacial score (nSPS) is 11.2. The van der Waals surface area contributed by atoms with Gasteiger partial charge in [-0.3, -0.25) is 0 Å². The van der Waals surface area contributed by atoms with Gasteiger partial charge in [-0.2, -0.15) is 13.2 Å². The number of hydrogen-bond acceptors (Lipinski definition) is 4. The van der Waals surface area contributed by atoms with Crippen LogP contribution in [0.15, 0.2) is 30.5 Å². The molecule has 130 valence electrons. The van der Waals surface area contributed by atoms with Gasteiger partial charge in [0.2, 0.25) is 5.88 Å². The van der Waals surface area contributed by atoms with Gasteiger partial charge in [-0.15, -0.1) is 11.3 Å². The highest BCUT2D eigenvalue weighted by molar-refractivity contribution is 7.11. The van der Waals surface area contributed by atoms with E-state index in [1.165, 1.54) is 6.20 Å². The van der Waals surface area contributed by atoms with Gasteiger partial charge in [0, 0.05) is 28.1 Å². The molecule has 5 nitrogen and oxygen atoms in total. The van der Waals surface area contributed by atoms with Gasteiger partial charge >= 0.3 is 12.2 Å². The lowest BCUT2D eigenvalue weighted by Crippen LogP contribution is -2.34. The van der Waals surface area contributed by atoms with Crippen LogP contribution in [-0.4, -0.2) is 23.8 Å². The third kappa shape index (κ3) is 6.07. The monoisotopic (exact) mass is 359 g/mol. The Kier molecular flexibility index (Phi) is 6.02.